The molecule has 0 aliphatic heterocycles. The van der Waals surface area contributed by atoms with Crippen LogP contribution in [0.4, 0.5) is 0 Å². The maximum atomic E-state index is 12.9. The number of rotatable bonds is 6. The average molecular weight is 433 g/mol. The largest absolute Gasteiger partial charge is 0.340 e. The zero-order valence-electron chi connectivity index (χ0n) is 18.3. The van der Waals surface area contributed by atoms with Crippen LogP contribution in [-0.2, 0) is 6.54 Å². The van der Waals surface area contributed by atoms with E-state index in [1.807, 2.05) is 65.5 Å². The van der Waals surface area contributed by atoms with Crippen molar-refractivity contribution in [3.05, 3.63) is 126 Å². The van der Waals surface area contributed by atoms with Gasteiger partial charge in [-0.2, -0.15) is 5.10 Å². The topological polar surface area (TPSA) is 51.3 Å². The Bertz CT molecular complexity index is 1430. The Kier molecular flexibility index (Phi) is 5.60. The normalized spacial score (nSPS) is 11.3. The van der Waals surface area contributed by atoms with Crippen molar-refractivity contribution >= 4 is 23.0 Å². The number of carbonyl (C=O) groups is 1. The number of para-hydroxylation sites is 2. The maximum absolute atomic E-state index is 12.9. The molecule has 1 amide bonds. The second-order valence-corrected chi connectivity index (χ2v) is 7.89. The molecular weight excluding hydrogens is 408 g/mol. The van der Waals surface area contributed by atoms with Crippen LogP contribution in [0.1, 0.15) is 27.2 Å². The van der Waals surface area contributed by atoms with Crippen LogP contribution in [0.25, 0.3) is 16.6 Å². The highest BCUT2D eigenvalue weighted by Gasteiger charge is 2.14. The molecule has 0 saturated heterocycles. The first-order chi connectivity index (χ1) is 16.2. The summed E-state index contributed by atoms with van der Waals surface area (Å²) in [5.41, 5.74) is 8.57. The van der Waals surface area contributed by atoms with Gasteiger partial charge >= 0.3 is 0 Å². The van der Waals surface area contributed by atoms with Gasteiger partial charge in [0.05, 0.1) is 17.5 Å². The highest BCUT2D eigenvalue weighted by atomic mass is 16.2. The maximum Gasteiger partial charge on any atom is 0.273 e. The second-order valence-electron chi connectivity index (χ2n) is 7.89. The van der Waals surface area contributed by atoms with Crippen LogP contribution < -0.4 is 5.43 Å². The summed E-state index contributed by atoms with van der Waals surface area (Å²) in [6.07, 6.45) is 5.58. The third-order valence-corrected chi connectivity index (χ3v) is 5.85. The lowest BCUT2D eigenvalue weighted by Gasteiger charge is -2.09. The summed E-state index contributed by atoms with van der Waals surface area (Å²) >= 11 is 0. The lowest BCUT2D eigenvalue weighted by Crippen LogP contribution is -2.19. The molecule has 5 rings (SSSR count). The van der Waals surface area contributed by atoms with E-state index in [-0.39, 0.29) is 5.91 Å². The molecule has 3 aromatic carbocycles. The molecule has 0 aliphatic rings. The minimum absolute atomic E-state index is 0.249. The fraction of sp³-hybridized carbons (Fsp3) is 0.0714. The van der Waals surface area contributed by atoms with Crippen LogP contribution in [0, 0.1) is 6.92 Å². The van der Waals surface area contributed by atoms with Crippen molar-refractivity contribution in [1.29, 1.82) is 0 Å². The van der Waals surface area contributed by atoms with Crippen LogP contribution >= 0.6 is 0 Å². The summed E-state index contributed by atoms with van der Waals surface area (Å²) in [5.74, 6) is -0.249. The van der Waals surface area contributed by atoms with Gasteiger partial charge < -0.3 is 9.13 Å². The molecule has 5 heteroatoms. The van der Waals surface area contributed by atoms with Gasteiger partial charge in [0, 0.05) is 41.1 Å². The van der Waals surface area contributed by atoms with Crippen LogP contribution in [0.3, 0.4) is 0 Å². The number of nitrogens with one attached hydrogen (secondary N) is 1. The molecular formula is C28H24N4O. The van der Waals surface area contributed by atoms with Gasteiger partial charge in [0.15, 0.2) is 0 Å². The predicted molar refractivity (Wildman–Crippen MR) is 133 cm³/mol. The van der Waals surface area contributed by atoms with Crippen molar-refractivity contribution in [3.8, 4) is 5.69 Å². The molecule has 0 saturated carbocycles. The molecule has 0 radical (unpaired) electrons. The number of benzene rings is 3. The number of amides is 1. The Hall–Kier alpha value is -4.38. The summed E-state index contributed by atoms with van der Waals surface area (Å²) in [5, 5.41) is 5.43. The van der Waals surface area contributed by atoms with Crippen molar-refractivity contribution in [2.75, 3.05) is 0 Å². The minimum atomic E-state index is -0.249. The third-order valence-electron chi connectivity index (χ3n) is 5.85. The zero-order chi connectivity index (χ0) is 22.6. The Balaban J connectivity index is 1.43. The fourth-order valence-electron chi connectivity index (χ4n) is 4.19. The molecule has 162 valence electrons. The van der Waals surface area contributed by atoms with Gasteiger partial charge in [-0.1, -0.05) is 60.7 Å². The summed E-state index contributed by atoms with van der Waals surface area (Å²) in [7, 11) is 0. The van der Waals surface area contributed by atoms with Gasteiger partial charge in [0.2, 0.25) is 0 Å². The number of nitrogens with zero attached hydrogens (tertiary/aromatic N) is 3. The predicted octanol–water partition coefficient (Wildman–Crippen LogP) is 5.55. The van der Waals surface area contributed by atoms with E-state index in [0.717, 1.165) is 34.4 Å². The van der Waals surface area contributed by atoms with Crippen molar-refractivity contribution in [2.24, 2.45) is 5.10 Å². The highest BCUT2D eigenvalue weighted by Crippen LogP contribution is 2.25. The first kappa shape index (κ1) is 20.5. The standard InChI is InChI=1S/C28H24N4O/c1-21-25(23-13-5-8-16-27(23)32(21)20-22-11-3-2-4-12-22)19-29-30-28(33)24-14-6-7-15-26(24)31-17-9-10-18-31/h2-19H,20H2,1H3,(H,30,33). The molecule has 0 unspecified atom stereocenters. The van der Waals surface area contributed by atoms with Crippen molar-refractivity contribution < 1.29 is 4.79 Å². The van der Waals surface area contributed by atoms with E-state index in [1.54, 1.807) is 12.3 Å². The second kappa shape index (κ2) is 9.01. The third kappa shape index (κ3) is 4.08. The van der Waals surface area contributed by atoms with E-state index in [2.05, 4.69) is 58.4 Å². The van der Waals surface area contributed by atoms with E-state index in [0.29, 0.717) is 5.56 Å². The van der Waals surface area contributed by atoms with Gasteiger partial charge in [-0.15, -0.1) is 0 Å². The summed E-state index contributed by atoms with van der Waals surface area (Å²) in [4.78, 5) is 12.9. The summed E-state index contributed by atoms with van der Waals surface area (Å²) in [6, 6.07) is 30.0. The van der Waals surface area contributed by atoms with Crippen LogP contribution in [0.5, 0.6) is 0 Å². The zero-order valence-corrected chi connectivity index (χ0v) is 18.3. The van der Waals surface area contributed by atoms with Gasteiger partial charge in [-0.25, -0.2) is 5.43 Å². The Morgan fingerprint density at radius 2 is 1.58 bits per heavy atom. The Morgan fingerprint density at radius 1 is 0.879 bits per heavy atom. The van der Waals surface area contributed by atoms with Gasteiger partial charge in [-0.05, 0) is 42.8 Å². The Labute approximate surface area is 192 Å². The lowest BCUT2D eigenvalue weighted by molar-refractivity contribution is 0.0955. The molecule has 0 aliphatic carbocycles. The average Bonchev–Trinajstić information content (AvgIpc) is 3.48. The number of carbonyl (C=O) groups excluding carboxylic acids is 1. The minimum Gasteiger partial charge on any atom is -0.340 e. The van der Waals surface area contributed by atoms with Gasteiger partial charge in [0.1, 0.15) is 0 Å². The smallest absolute Gasteiger partial charge is 0.273 e. The van der Waals surface area contributed by atoms with Crippen molar-refractivity contribution in [3.63, 3.8) is 0 Å². The van der Waals surface area contributed by atoms with Crippen LogP contribution in [-0.4, -0.2) is 21.3 Å². The van der Waals surface area contributed by atoms with E-state index in [1.165, 1.54) is 5.56 Å². The fourth-order valence-corrected chi connectivity index (χ4v) is 4.19. The molecule has 2 heterocycles. The first-order valence-electron chi connectivity index (χ1n) is 10.9. The number of hydrazone groups is 1. The molecule has 5 aromatic rings. The number of fused-ring (bicyclic) bond motifs is 1. The quantitative estimate of drug-likeness (QED) is 0.277. The first-order valence-corrected chi connectivity index (χ1v) is 10.9. The van der Waals surface area contributed by atoms with Crippen molar-refractivity contribution in [1.82, 2.24) is 14.6 Å². The Morgan fingerprint density at radius 3 is 2.39 bits per heavy atom. The molecule has 0 atom stereocenters. The van der Waals surface area contributed by atoms with E-state index >= 15 is 0 Å². The van der Waals surface area contributed by atoms with Crippen LogP contribution in [0.2, 0.25) is 0 Å². The number of hydrogen-bond acceptors (Lipinski definition) is 2. The lowest BCUT2D eigenvalue weighted by atomic mass is 10.1. The van der Waals surface area contributed by atoms with E-state index < -0.39 is 0 Å². The molecule has 0 spiro atoms. The molecule has 0 bridgehead atoms. The summed E-state index contributed by atoms with van der Waals surface area (Å²) in [6.45, 7) is 2.87. The number of aromatic nitrogens is 2. The van der Waals surface area contributed by atoms with Crippen molar-refractivity contribution in [2.45, 2.75) is 13.5 Å². The molecule has 0 fully saturated rings. The number of hydrogen-bond donors (Lipinski definition) is 1. The monoisotopic (exact) mass is 432 g/mol. The highest BCUT2D eigenvalue weighted by molar-refractivity contribution is 6.02. The SMILES string of the molecule is Cc1c(C=NNC(=O)c2ccccc2-n2cccc2)c2ccccc2n1Cc1ccccc1. The molecule has 2 aromatic heterocycles. The van der Waals surface area contributed by atoms with E-state index in [9.17, 15) is 4.79 Å². The van der Waals surface area contributed by atoms with Crippen LogP contribution in [0.15, 0.2) is 108 Å². The molecule has 33 heavy (non-hydrogen) atoms. The van der Waals surface area contributed by atoms with Gasteiger partial charge in [0.25, 0.3) is 5.91 Å². The summed E-state index contributed by atoms with van der Waals surface area (Å²) < 4.78 is 4.20. The molecule has 1 N–H and O–H groups in total. The van der Waals surface area contributed by atoms with Gasteiger partial charge in [-0.3, -0.25) is 4.79 Å². The molecule has 5 nitrogen and oxygen atoms in total. The van der Waals surface area contributed by atoms with E-state index in [4.69, 9.17) is 0 Å².